The molecule has 0 spiro atoms. The SMILES string of the molecule is CCN1CCN(C(=O)c2ccc(C(=O)Nc3c(F)cccc3F)cc2)CC1. The van der Waals surface area contributed by atoms with E-state index in [0.717, 1.165) is 31.8 Å². The first-order chi connectivity index (χ1) is 13.0. The van der Waals surface area contributed by atoms with Gasteiger partial charge in [0.2, 0.25) is 0 Å². The summed E-state index contributed by atoms with van der Waals surface area (Å²) in [5.74, 6) is -2.42. The van der Waals surface area contributed by atoms with Gasteiger partial charge in [0, 0.05) is 37.3 Å². The Morgan fingerprint density at radius 3 is 2.04 bits per heavy atom. The van der Waals surface area contributed by atoms with Gasteiger partial charge < -0.3 is 15.1 Å². The summed E-state index contributed by atoms with van der Waals surface area (Å²) in [5, 5.41) is 2.23. The fraction of sp³-hybridized carbons (Fsp3) is 0.300. The minimum atomic E-state index is -0.846. The van der Waals surface area contributed by atoms with Gasteiger partial charge in [-0.25, -0.2) is 8.78 Å². The second-order valence-corrected chi connectivity index (χ2v) is 6.35. The van der Waals surface area contributed by atoms with Crippen molar-refractivity contribution < 1.29 is 18.4 Å². The van der Waals surface area contributed by atoms with Crippen molar-refractivity contribution in [2.45, 2.75) is 6.92 Å². The summed E-state index contributed by atoms with van der Waals surface area (Å²) >= 11 is 0. The second-order valence-electron chi connectivity index (χ2n) is 6.35. The zero-order valence-electron chi connectivity index (χ0n) is 15.0. The fourth-order valence-electron chi connectivity index (χ4n) is 3.02. The minimum Gasteiger partial charge on any atom is -0.336 e. The van der Waals surface area contributed by atoms with E-state index in [0.29, 0.717) is 18.7 Å². The van der Waals surface area contributed by atoms with Crippen LogP contribution in [0.25, 0.3) is 0 Å². The lowest BCUT2D eigenvalue weighted by Gasteiger charge is -2.34. The molecule has 1 fully saturated rings. The molecule has 1 aliphatic rings. The first kappa shape index (κ1) is 19.0. The number of nitrogens with one attached hydrogen (secondary N) is 1. The van der Waals surface area contributed by atoms with E-state index in [-0.39, 0.29) is 11.5 Å². The number of carbonyl (C=O) groups is 2. The Labute approximate surface area is 156 Å². The van der Waals surface area contributed by atoms with E-state index in [2.05, 4.69) is 17.1 Å². The molecule has 27 heavy (non-hydrogen) atoms. The molecule has 2 aromatic carbocycles. The molecular weight excluding hydrogens is 352 g/mol. The summed E-state index contributed by atoms with van der Waals surface area (Å²) in [6.45, 7) is 6.08. The number of nitrogens with zero attached hydrogens (tertiary/aromatic N) is 2. The Morgan fingerprint density at radius 1 is 0.926 bits per heavy atom. The predicted octanol–water partition coefficient (Wildman–Crippen LogP) is 2.99. The number of carbonyl (C=O) groups excluding carboxylic acids is 2. The Kier molecular flexibility index (Phi) is 5.81. The Morgan fingerprint density at radius 2 is 1.48 bits per heavy atom. The smallest absolute Gasteiger partial charge is 0.255 e. The molecule has 0 aromatic heterocycles. The highest BCUT2D eigenvalue weighted by molar-refractivity contribution is 6.05. The Balaban J connectivity index is 1.66. The van der Waals surface area contributed by atoms with Crippen LogP contribution in [0.2, 0.25) is 0 Å². The van der Waals surface area contributed by atoms with Crippen LogP contribution in [0, 0.1) is 11.6 Å². The predicted molar refractivity (Wildman–Crippen MR) is 98.8 cm³/mol. The number of rotatable bonds is 4. The standard InChI is InChI=1S/C20H21F2N3O2/c1-2-24-10-12-25(13-11-24)20(27)15-8-6-14(7-9-15)19(26)23-18-16(21)4-3-5-17(18)22/h3-9H,2,10-13H2,1H3,(H,23,26). The summed E-state index contributed by atoms with van der Waals surface area (Å²) < 4.78 is 27.3. The summed E-state index contributed by atoms with van der Waals surface area (Å²) in [6, 6.07) is 9.42. The van der Waals surface area contributed by atoms with E-state index < -0.39 is 23.2 Å². The van der Waals surface area contributed by atoms with Crippen LogP contribution >= 0.6 is 0 Å². The van der Waals surface area contributed by atoms with Crippen molar-refractivity contribution >= 4 is 17.5 Å². The number of para-hydroxylation sites is 1. The van der Waals surface area contributed by atoms with Gasteiger partial charge in [-0.3, -0.25) is 9.59 Å². The summed E-state index contributed by atoms with van der Waals surface area (Å²) in [4.78, 5) is 28.9. The minimum absolute atomic E-state index is 0.0853. The van der Waals surface area contributed by atoms with Gasteiger partial charge in [-0.2, -0.15) is 0 Å². The van der Waals surface area contributed by atoms with E-state index in [9.17, 15) is 18.4 Å². The van der Waals surface area contributed by atoms with Gasteiger partial charge in [0.05, 0.1) is 0 Å². The molecule has 0 bridgehead atoms. The summed E-state index contributed by atoms with van der Waals surface area (Å²) in [7, 11) is 0. The van der Waals surface area contributed by atoms with Crippen LogP contribution in [0.1, 0.15) is 27.6 Å². The average Bonchev–Trinajstić information content (AvgIpc) is 2.70. The third-order valence-electron chi connectivity index (χ3n) is 4.70. The molecule has 0 aliphatic carbocycles. The van der Waals surface area contributed by atoms with Gasteiger partial charge in [0.15, 0.2) is 0 Å². The van der Waals surface area contributed by atoms with E-state index in [4.69, 9.17) is 0 Å². The number of amides is 2. The van der Waals surface area contributed by atoms with Crippen molar-refractivity contribution in [2.75, 3.05) is 38.0 Å². The molecule has 2 amide bonds. The van der Waals surface area contributed by atoms with Gasteiger partial charge in [-0.15, -0.1) is 0 Å². The first-order valence-corrected chi connectivity index (χ1v) is 8.86. The molecule has 5 nitrogen and oxygen atoms in total. The molecule has 0 saturated carbocycles. The number of anilines is 1. The van der Waals surface area contributed by atoms with Crippen molar-refractivity contribution in [3.8, 4) is 0 Å². The van der Waals surface area contributed by atoms with Crippen molar-refractivity contribution in [3.63, 3.8) is 0 Å². The quantitative estimate of drug-likeness (QED) is 0.897. The van der Waals surface area contributed by atoms with Gasteiger partial charge in [0.1, 0.15) is 17.3 Å². The van der Waals surface area contributed by atoms with Crippen LogP contribution in [-0.4, -0.2) is 54.3 Å². The molecule has 3 rings (SSSR count). The van der Waals surface area contributed by atoms with Crippen LogP contribution in [0.15, 0.2) is 42.5 Å². The van der Waals surface area contributed by atoms with Gasteiger partial charge in [-0.05, 0) is 42.9 Å². The van der Waals surface area contributed by atoms with Gasteiger partial charge in [-0.1, -0.05) is 13.0 Å². The molecular formula is C20H21F2N3O2. The molecule has 142 valence electrons. The maximum Gasteiger partial charge on any atom is 0.255 e. The molecule has 0 unspecified atom stereocenters. The molecule has 0 atom stereocenters. The lowest BCUT2D eigenvalue weighted by atomic mass is 10.1. The summed E-state index contributed by atoms with van der Waals surface area (Å²) in [5.41, 5.74) is 0.204. The molecule has 1 saturated heterocycles. The number of hydrogen-bond donors (Lipinski definition) is 1. The van der Waals surface area contributed by atoms with Crippen LogP contribution in [0.3, 0.4) is 0 Å². The normalized spacial score (nSPS) is 14.9. The number of halogens is 2. The van der Waals surface area contributed by atoms with Crippen LogP contribution < -0.4 is 5.32 Å². The maximum absolute atomic E-state index is 13.6. The highest BCUT2D eigenvalue weighted by atomic mass is 19.1. The Bertz CT molecular complexity index is 811. The number of likely N-dealkylation sites (N-methyl/N-ethyl adjacent to an activating group) is 1. The van der Waals surface area contributed by atoms with Crippen molar-refractivity contribution in [1.29, 1.82) is 0 Å². The molecule has 0 radical (unpaired) electrons. The lowest BCUT2D eigenvalue weighted by Crippen LogP contribution is -2.48. The average molecular weight is 373 g/mol. The first-order valence-electron chi connectivity index (χ1n) is 8.86. The topological polar surface area (TPSA) is 52.7 Å². The van der Waals surface area contributed by atoms with Crippen LogP contribution in [0.4, 0.5) is 14.5 Å². The van der Waals surface area contributed by atoms with Gasteiger partial charge in [0.25, 0.3) is 11.8 Å². The maximum atomic E-state index is 13.6. The highest BCUT2D eigenvalue weighted by Crippen LogP contribution is 2.19. The third-order valence-corrected chi connectivity index (χ3v) is 4.70. The van der Waals surface area contributed by atoms with E-state index in [1.54, 1.807) is 17.0 Å². The van der Waals surface area contributed by atoms with Gasteiger partial charge >= 0.3 is 0 Å². The van der Waals surface area contributed by atoms with Crippen LogP contribution in [-0.2, 0) is 0 Å². The van der Waals surface area contributed by atoms with E-state index in [1.165, 1.54) is 18.2 Å². The van der Waals surface area contributed by atoms with Crippen molar-refractivity contribution in [1.82, 2.24) is 9.80 Å². The molecule has 1 aliphatic heterocycles. The van der Waals surface area contributed by atoms with Crippen molar-refractivity contribution in [2.24, 2.45) is 0 Å². The molecule has 1 N–H and O–H groups in total. The highest BCUT2D eigenvalue weighted by Gasteiger charge is 2.21. The lowest BCUT2D eigenvalue weighted by molar-refractivity contribution is 0.0643. The third kappa shape index (κ3) is 4.31. The largest absolute Gasteiger partial charge is 0.336 e. The monoisotopic (exact) mass is 373 g/mol. The zero-order valence-corrected chi connectivity index (χ0v) is 15.0. The van der Waals surface area contributed by atoms with Crippen molar-refractivity contribution in [3.05, 3.63) is 65.2 Å². The van der Waals surface area contributed by atoms with Crippen LogP contribution in [0.5, 0.6) is 0 Å². The number of benzene rings is 2. The summed E-state index contributed by atoms with van der Waals surface area (Å²) in [6.07, 6.45) is 0. The number of hydrogen-bond acceptors (Lipinski definition) is 3. The second kappa shape index (κ2) is 8.26. The molecule has 1 heterocycles. The zero-order chi connectivity index (χ0) is 19.4. The van der Waals surface area contributed by atoms with E-state index in [1.807, 2.05) is 0 Å². The Hall–Kier alpha value is -2.80. The molecule has 7 heteroatoms. The fourth-order valence-corrected chi connectivity index (χ4v) is 3.02. The number of piperazine rings is 1. The molecule has 2 aromatic rings. The van der Waals surface area contributed by atoms with E-state index >= 15 is 0 Å².